The van der Waals surface area contributed by atoms with Crippen LogP contribution >= 0.6 is 0 Å². The second-order valence-corrected chi connectivity index (χ2v) is 8.28. The maximum atomic E-state index is 14.6. The van der Waals surface area contributed by atoms with Crippen LogP contribution in [0.4, 0.5) is 4.39 Å². The Bertz CT molecular complexity index is 693. The molecule has 1 aromatic carbocycles. The average molecular weight is 377 g/mol. The van der Waals surface area contributed by atoms with Crippen molar-refractivity contribution >= 4 is 13.1 Å². The van der Waals surface area contributed by atoms with Gasteiger partial charge < -0.3 is 20.5 Å². The largest absolute Gasteiger partial charge is 0.481 e. The first-order chi connectivity index (χ1) is 12.8. The Kier molecular flexibility index (Phi) is 6.23. The van der Waals surface area contributed by atoms with Crippen LogP contribution in [-0.4, -0.2) is 34.3 Å². The van der Waals surface area contributed by atoms with Crippen molar-refractivity contribution in [2.75, 3.05) is 0 Å². The molecule has 5 nitrogen and oxygen atoms in total. The SMILES string of the molecule is C[C@@]1(C(=O)O)c2cc(CNC3CCCC3)c(F)cc2C[C@@H]1CCCB(O)O. The summed E-state index contributed by atoms with van der Waals surface area (Å²) in [6.07, 6.45) is 6.43. The summed E-state index contributed by atoms with van der Waals surface area (Å²) in [5.74, 6) is -1.36. The van der Waals surface area contributed by atoms with E-state index in [-0.39, 0.29) is 18.1 Å². The van der Waals surface area contributed by atoms with Gasteiger partial charge in [0.15, 0.2) is 0 Å². The van der Waals surface area contributed by atoms with Crippen LogP contribution in [0.3, 0.4) is 0 Å². The fraction of sp³-hybridized carbons (Fsp3) is 0.650. The first kappa shape index (κ1) is 20.3. The van der Waals surface area contributed by atoms with Crippen molar-refractivity contribution in [3.63, 3.8) is 0 Å². The van der Waals surface area contributed by atoms with Gasteiger partial charge in [-0.05, 0) is 62.0 Å². The van der Waals surface area contributed by atoms with Crippen molar-refractivity contribution < 1.29 is 24.3 Å². The molecule has 0 aromatic heterocycles. The highest BCUT2D eigenvalue weighted by Crippen LogP contribution is 2.46. The van der Waals surface area contributed by atoms with Crippen LogP contribution in [0.25, 0.3) is 0 Å². The molecule has 148 valence electrons. The van der Waals surface area contributed by atoms with E-state index in [1.165, 1.54) is 18.9 Å². The zero-order chi connectivity index (χ0) is 19.6. The third-order valence-corrected chi connectivity index (χ3v) is 6.51. The van der Waals surface area contributed by atoms with Gasteiger partial charge in [0, 0.05) is 18.2 Å². The summed E-state index contributed by atoms with van der Waals surface area (Å²) in [5.41, 5.74) is 0.913. The average Bonchev–Trinajstić information content (AvgIpc) is 3.20. The zero-order valence-corrected chi connectivity index (χ0v) is 15.9. The predicted molar refractivity (Wildman–Crippen MR) is 102 cm³/mol. The molecular weight excluding hydrogens is 348 g/mol. The molecule has 2 aliphatic rings. The van der Waals surface area contributed by atoms with E-state index in [9.17, 15) is 14.3 Å². The van der Waals surface area contributed by atoms with E-state index in [2.05, 4.69) is 5.32 Å². The molecule has 0 amide bonds. The third kappa shape index (κ3) is 4.20. The predicted octanol–water partition coefficient (Wildman–Crippen LogP) is 2.63. The molecule has 0 radical (unpaired) electrons. The van der Waals surface area contributed by atoms with Crippen molar-refractivity contribution in [2.24, 2.45) is 5.92 Å². The lowest BCUT2D eigenvalue weighted by atomic mass is 9.72. The van der Waals surface area contributed by atoms with Crippen molar-refractivity contribution in [2.45, 2.75) is 76.2 Å². The van der Waals surface area contributed by atoms with Crippen molar-refractivity contribution in [1.82, 2.24) is 5.32 Å². The summed E-state index contributed by atoms with van der Waals surface area (Å²) in [6.45, 7) is 2.13. The number of carboxylic acids is 1. The highest BCUT2D eigenvalue weighted by molar-refractivity contribution is 6.40. The molecular formula is C20H29BFNO4. The Hall–Kier alpha value is -1.44. The van der Waals surface area contributed by atoms with Gasteiger partial charge in [0.2, 0.25) is 0 Å². The molecule has 0 bridgehead atoms. The normalized spacial score (nSPS) is 25.0. The molecule has 1 fully saturated rings. The van der Waals surface area contributed by atoms with Crippen LogP contribution < -0.4 is 5.32 Å². The van der Waals surface area contributed by atoms with Gasteiger partial charge in [0.05, 0.1) is 5.41 Å². The number of halogens is 1. The molecule has 27 heavy (non-hydrogen) atoms. The number of benzene rings is 1. The molecule has 2 aliphatic carbocycles. The van der Waals surface area contributed by atoms with Crippen LogP contribution in [0.5, 0.6) is 0 Å². The second kappa shape index (κ2) is 8.29. The van der Waals surface area contributed by atoms with Gasteiger partial charge in [-0.1, -0.05) is 25.3 Å². The van der Waals surface area contributed by atoms with E-state index in [1.807, 2.05) is 0 Å². The maximum Gasteiger partial charge on any atom is 0.451 e. The molecule has 2 atom stereocenters. The lowest BCUT2D eigenvalue weighted by Gasteiger charge is -2.28. The summed E-state index contributed by atoms with van der Waals surface area (Å²) >= 11 is 0. The Morgan fingerprint density at radius 3 is 2.67 bits per heavy atom. The van der Waals surface area contributed by atoms with Gasteiger partial charge in [-0.15, -0.1) is 0 Å². The van der Waals surface area contributed by atoms with Crippen LogP contribution in [-0.2, 0) is 23.2 Å². The minimum absolute atomic E-state index is 0.179. The lowest BCUT2D eigenvalue weighted by Crippen LogP contribution is -2.37. The number of hydrogen-bond donors (Lipinski definition) is 4. The van der Waals surface area contributed by atoms with E-state index >= 15 is 0 Å². The quantitative estimate of drug-likeness (QED) is 0.523. The summed E-state index contributed by atoms with van der Waals surface area (Å²) < 4.78 is 14.6. The van der Waals surface area contributed by atoms with Gasteiger partial charge in [-0.3, -0.25) is 4.79 Å². The minimum atomic E-state index is -1.38. The van der Waals surface area contributed by atoms with E-state index in [0.717, 1.165) is 18.4 Å². The molecule has 0 saturated heterocycles. The number of nitrogens with one attached hydrogen (secondary N) is 1. The molecule has 0 unspecified atom stereocenters. The fourth-order valence-electron chi connectivity index (χ4n) is 4.75. The molecule has 0 aliphatic heterocycles. The Balaban J connectivity index is 1.80. The van der Waals surface area contributed by atoms with E-state index in [1.54, 1.807) is 13.0 Å². The minimum Gasteiger partial charge on any atom is -0.481 e. The smallest absolute Gasteiger partial charge is 0.451 e. The van der Waals surface area contributed by atoms with Crippen LogP contribution in [0, 0.1) is 11.7 Å². The molecule has 0 heterocycles. The Morgan fingerprint density at radius 1 is 1.33 bits per heavy atom. The number of rotatable bonds is 8. The summed E-state index contributed by atoms with van der Waals surface area (Å²) in [4.78, 5) is 12.1. The first-order valence-electron chi connectivity index (χ1n) is 9.97. The lowest BCUT2D eigenvalue weighted by molar-refractivity contribution is -0.145. The maximum absolute atomic E-state index is 14.6. The van der Waals surface area contributed by atoms with Gasteiger partial charge in [-0.25, -0.2) is 4.39 Å². The van der Waals surface area contributed by atoms with E-state index < -0.39 is 18.5 Å². The molecule has 4 N–H and O–H groups in total. The third-order valence-electron chi connectivity index (χ3n) is 6.51. The van der Waals surface area contributed by atoms with E-state index in [0.29, 0.717) is 43.0 Å². The van der Waals surface area contributed by atoms with Gasteiger partial charge in [0.25, 0.3) is 0 Å². The van der Waals surface area contributed by atoms with Crippen LogP contribution in [0.2, 0.25) is 6.32 Å². The van der Waals surface area contributed by atoms with Gasteiger partial charge >= 0.3 is 13.1 Å². The molecule has 1 aromatic rings. The van der Waals surface area contributed by atoms with Gasteiger partial charge in [0.1, 0.15) is 5.82 Å². The molecule has 3 rings (SSSR count). The van der Waals surface area contributed by atoms with Crippen LogP contribution in [0.15, 0.2) is 12.1 Å². The number of carbonyl (C=O) groups is 1. The second-order valence-electron chi connectivity index (χ2n) is 8.28. The number of carboxylic acid groups (broad SMARTS) is 1. The first-order valence-corrected chi connectivity index (χ1v) is 9.97. The molecule has 7 heteroatoms. The standard InChI is InChI=1S/C20H29BFNO4/c1-20(19(24)25)15(5-4-8-21(26)27)9-13-11-18(22)14(10-17(13)20)12-23-16-6-2-3-7-16/h10-11,15-16,23,26-27H,2-9,12H2,1H3,(H,24,25)/t15-,20-/m0/s1. The number of aliphatic carboxylic acids is 1. The van der Waals surface area contributed by atoms with Crippen molar-refractivity contribution in [3.05, 3.63) is 34.6 Å². The number of fused-ring (bicyclic) bond motifs is 1. The zero-order valence-electron chi connectivity index (χ0n) is 15.9. The monoisotopic (exact) mass is 377 g/mol. The Morgan fingerprint density at radius 2 is 2.04 bits per heavy atom. The summed E-state index contributed by atoms with van der Waals surface area (Å²) in [6, 6.07) is 3.66. The Labute approximate surface area is 160 Å². The highest BCUT2D eigenvalue weighted by Gasteiger charge is 2.49. The molecule has 1 saturated carbocycles. The fourth-order valence-corrected chi connectivity index (χ4v) is 4.75. The van der Waals surface area contributed by atoms with Gasteiger partial charge in [-0.2, -0.15) is 0 Å². The summed E-state index contributed by atoms with van der Waals surface area (Å²) in [5, 5.41) is 31.4. The van der Waals surface area contributed by atoms with Crippen molar-refractivity contribution in [3.8, 4) is 0 Å². The topological polar surface area (TPSA) is 89.8 Å². The van der Waals surface area contributed by atoms with E-state index in [4.69, 9.17) is 10.0 Å². The highest BCUT2D eigenvalue weighted by atomic mass is 19.1. The molecule has 0 spiro atoms. The number of hydrogen-bond acceptors (Lipinski definition) is 4. The summed E-state index contributed by atoms with van der Waals surface area (Å²) in [7, 11) is -1.38. The van der Waals surface area contributed by atoms with Crippen LogP contribution in [0.1, 0.15) is 62.1 Å². The van der Waals surface area contributed by atoms with Crippen molar-refractivity contribution in [1.29, 1.82) is 0 Å².